The summed E-state index contributed by atoms with van der Waals surface area (Å²) in [5.41, 5.74) is 0.0530. The Labute approximate surface area is 120 Å². The zero-order chi connectivity index (χ0) is 15.0. The molecule has 0 bridgehead atoms. The third kappa shape index (κ3) is 4.56. The lowest BCUT2D eigenvalue weighted by Gasteiger charge is -2.23. The monoisotopic (exact) mass is 281 g/mol. The fourth-order valence-electron chi connectivity index (χ4n) is 2.14. The summed E-state index contributed by atoms with van der Waals surface area (Å²) in [4.78, 5) is 19.8. The lowest BCUT2D eigenvalue weighted by atomic mass is 10.2. The molecule has 112 valence electrons. The molecule has 5 heteroatoms. The summed E-state index contributed by atoms with van der Waals surface area (Å²) in [5, 5.41) is 0. The van der Waals surface area contributed by atoms with E-state index in [1.807, 2.05) is 6.92 Å². The average molecular weight is 281 g/mol. The molecule has 1 rings (SSSR count). The number of hydrogen-bond acceptors (Lipinski definition) is 3. The summed E-state index contributed by atoms with van der Waals surface area (Å²) in [6, 6.07) is 3.07. The fourth-order valence-corrected chi connectivity index (χ4v) is 2.14. The van der Waals surface area contributed by atoms with Crippen molar-refractivity contribution < 1.29 is 9.18 Å². The molecule has 0 atom stereocenters. The van der Waals surface area contributed by atoms with Gasteiger partial charge >= 0.3 is 0 Å². The molecule has 0 radical (unpaired) electrons. The first-order valence-corrected chi connectivity index (χ1v) is 7.26. The van der Waals surface area contributed by atoms with Crippen LogP contribution in [-0.4, -0.2) is 53.4 Å². The van der Waals surface area contributed by atoms with Crippen LogP contribution in [0.15, 0.2) is 18.3 Å². The third-order valence-electron chi connectivity index (χ3n) is 3.46. The highest BCUT2D eigenvalue weighted by molar-refractivity contribution is 5.94. The van der Waals surface area contributed by atoms with E-state index in [9.17, 15) is 9.18 Å². The number of hydrogen-bond donors (Lipinski definition) is 0. The van der Waals surface area contributed by atoms with Crippen LogP contribution in [0.3, 0.4) is 0 Å². The molecule has 0 saturated heterocycles. The second-order valence-electron chi connectivity index (χ2n) is 4.61. The van der Waals surface area contributed by atoms with Gasteiger partial charge in [-0.2, -0.15) is 4.39 Å². The van der Waals surface area contributed by atoms with Crippen molar-refractivity contribution in [2.75, 3.05) is 32.7 Å². The molecule has 20 heavy (non-hydrogen) atoms. The molecule has 0 aliphatic rings. The van der Waals surface area contributed by atoms with Crippen LogP contribution in [-0.2, 0) is 0 Å². The van der Waals surface area contributed by atoms with E-state index in [0.29, 0.717) is 13.1 Å². The lowest BCUT2D eigenvalue weighted by molar-refractivity contribution is 0.0751. The van der Waals surface area contributed by atoms with Gasteiger partial charge in [-0.25, -0.2) is 4.98 Å². The molecule has 0 saturated carbocycles. The SMILES string of the molecule is CCN(CC)CCCN(CC)C(=O)c1cccnc1F. The van der Waals surface area contributed by atoms with Gasteiger partial charge in [-0.1, -0.05) is 13.8 Å². The normalized spacial score (nSPS) is 10.8. The van der Waals surface area contributed by atoms with Crippen molar-refractivity contribution in [1.29, 1.82) is 0 Å². The van der Waals surface area contributed by atoms with Crippen LogP contribution < -0.4 is 0 Å². The van der Waals surface area contributed by atoms with Gasteiger partial charge in [-0.3, -0.25) is 4.79 Å². The van der Waals surface area contributed by atoms with Crippen molar-refractivity contribution in [3.05, 3.63) is 29.8 Å². The van der Waals surface area contributed by atoms with E-state index in [4.69, 9.17) is 0 Å². The number of halogens is 1. The number of rotatable bonds is 8. The molecule has 0 unspecified atom stereocenters. The Hall–Kier alpha value is -1.49. The number of pyridine rings is 1. The number of nitrogens with zero attached hydrogens (tertiary/aromatic N) is 3. The van der Waals surface area contributed by atoms with Crippen molar-refractivity contribution in [2.45, 2.75) is 27.2 Å². The van der Waals surface area contributed by atoms with Gasteiger partial charge in [-0.15, -0.1) is 0 Å². The van der Waals surface area contributed by atoms with Gasteiger partial charge in [0.1, 0.15) is 0 Å². The highest BCUT2D eigenvalue weighted by Crippen LogP contribution is 2.08. The lowest BCUT2D eigenvalue weighted by Crippen LogP contribution is -2.34. The van der Waals surface area contributed by atoms with Gasteiger partial charge < -0.3 is 9.80 Å². The van der Waals surface area contributed by atoms with E-state index in [1.54, 1.807) is 11.0 Å². The Morgan fingerprint density at radius 2 is 1.90 bits per heavy atom. The Kier molecular flexibility index (Phi) is 7.15. The quantitative estimate of drug-likeness (QED) is 0.687. The minimum Gasteiger partial charge on any atom is -0.339 e. The van der Waals surface area contributed by atoms with Gasteiger partial charge in [0, 0.05) is 19.3 Å². The molecule has 1 heterocycles. The maximum absolute atomic E-state index is 13.5. The van der Waals surface area contributed by atoms with E-state index in [-0.39, 0.29) is 11.5 Å². The molecule has 0 aliphatic heterocycles. The van der Waals surface area contributed by atoms with Crippen molar-refractivity contribution >= 4 is 5.91 Å². The summed E-state index contributed by atoms with van der Waals surface area (Å²) in [6.45, 7) is 10.3. The van der Waals surface area contributed by atoms with Gasteiger partial charge in [0.15, 0.2) is 0 Å². The van der Waals surface area contributed by atoms with E-state index in [1.165, 1.54) is 12.3 Å². The van der Waals surface area contributed by atoms with Crippen LogP contribution >= 0.6 is 0 Å². The first kappa shape index (κ1) is 16.6. The van der Waals surface area contributed by atoms with Gasteiger partial charge in [-0.05, 0) is 45.1 Å². The molecule has 1 aromatic rings. The summed E-state index contributed by atoms with van der Waals surface area (Å²) in [7, 11) is 0. The second-order valence-corrected chi connectivity index (χ2v) is 4.61. The van der Waals surface area contributed by atoms with Crippen LogP contribution in [0.2, 0.25) is 0 Å². The second kappa shape index (κ2) is 8.64. The summed E-state index contributed by atoms with van der Waals surface area (Å²) >= 11 is 0. The van der Waals surface area contributed by atoms with E-state index in [2.05, 4.69) is 23.7 Å². The zero-order valence-corrected chi connectivity index (χ0v) is 12.6. The maximum Gasteiger partial charge on any atom is 0.258 e. The Morgan fingerprint density at radius 1 is 1.20 bits per heavy atom. The van der Waals surface area contributed by atoms with Crippen LogP contribution in [0.5, 0.6) is 0 Å². The minimum absolute atomic E-state index is 0.0530. The molecular formula is C15H24FN3O. The van der Waals surface area contributed by atoms with E-state index < -0.39 is 5.95 Å². The Morgan fingerprint density at radius 3 is 2.45 bits per heavy atom. The van der Waals surface area contributed by atoms with Crippen molar-refractivity contribution in [3.63, 3.8) is 0 Å². The molecule has 1 aromatic heterocycles. The molecule has 0 aromatic carbocycles. The third-order valence-corrected chi connectivity index (χ3v) is 3.46. The van der Waals surface area contributed by atoms with Crippen LogP contribution in [0.4, 0.5) is 4.39 Å². The zero-order valence-electron chi connectivity index (χ0n) is 12.6. The molecule has 0 fully saturated rings. The predicted molar refractivity (Wildman–Crippen MR) is 78.2 cm³/mol. The highest BCUT2D eigenvalue weighted by Gasteiger charge is 2.18. The molecular weight excluding hydrogens is 257 g/mol. The van der Waals surface area contributed by atoms with Crippen LogP contribution in [0.25, 0.3) is 0 Å². The van der Waals surface area contributed by atoms with Crippen molar-refractivity contribution in [3.8, 4) is 0 Å². The van der Waals surface area contributed by atoms with E-state index >= 15 is 0 Å². The van der Waals surface area contributed by atoms with Crippen molar-refractivity contribution in [2.24, 2.45) is 0 Å². The maximum atomic E-state index is 13.5. The topological polar surface area (TPSA) is 36.4 Å². The van der Waals surface area contributed by atoms with Crippen molar-refractivity contribution in [1.82, 2.24) is 14.8 Å². The van der Waals surface area contributed by atoms with E-state index in [0.717, 1.165) is 26.1 Å². The Balaban J connectivity index is 2.58. The highest BCUT2D eigenvalue weighted by atomic mass is 19.1. The molecule has 0 N–H and O–H groups in total. The predicted octanol–water partition coefficient (Wildman–Crippen LogP) is 2.41. The summed E-state index contributed by atoms with van der Waals surface area (Å²) in [6.07, 6.45) is 2.24. The first-order chi connectivity index (χ1) is 9.63. The number of carbonyl (C=O) groups excluding carboxylic acids is 1. The van der Waals surface area contributed by atoms with Gasteiger partial charge in [0.05, 0.1) is 5.56 Å². The summed E-state index contributed by atoms with van der Waals surface area (Å²) in [5.74, 6) is -0.975. The van der Waals surface area contributed by atoms with Crippen LogP contribution in [0.1, 0.15) is 37.6 Å². The molecule has 0 aliphatic carbocycles. The smallest absolute Gasteiger partial charge is 0.258 e. The van der Waals surface area contributed by atoms with Crippen LogP contribution in [0, 0.1) is 5.95 Å². The average Bonchev–Trinajstić information content (AvgIpc) is 2.47. The molecule has 4 nitrogen and oxygen atoms in total. The summed E-state index contributed by atoms with van der Waals surface area (Å²) < 4.78 is 13.5. The molecule has 0 spiro atoms. The van der Waals surface area contributed by atoms with Gasteiger partial charge in [0.25, 0.3) is 5.91 Å². The first-order valence-electron chi connectivity index (χ1n) is 7.26. The number of aromatic nitrogens is 1. The number of carbonyl (C=O) groups is 1. The van der Waals surface area contributed by atoms with Gasteiger partial charge in [0.2, 0.25) is 5.95 Å². The largest absolute Gasteiger partial charge is 0.339 e. The standard InChI is InChI=1S/C15H24FN3O/c1-4-18(5-2)11-8-12-19(6-3)15(20)13-9-7-10-17-14(13)16/h7,9-10H,4-6,8,11-12H2,1-3H3. The minimum atomic E-state index is -0.695. The Bertz CT molecular complexity index is 421. The fraction of sp³-hybridized carbons (Fsp3) is 0.600. The molecule has 1 amide bonds. The number of amides is 1.